The lowest BCUT2D eigenvalue weighted by Crippen LogP contribution is -2.13. The third-order valence-electron chi connectivity index (χ3n) is 2.86. The summed E-state index contributed by atoms with van der Waals surface area (Å²) < 4.78 is 0. The van der Waals surface area contributed by atoms with Gasteiger partial charge in [0.25, 0.3) is 0 Å². The number of halogens is 2. The average Bonchev–Trinajstić information content (AvgIpc) is 2.44. The number of amides is 1. The Morgan fingerprint density at radius 1 is 1.18 bits per heavy atom. The second-order valence-electron chi connectivity index (χ2n) is 5.30. The Kier molecular flexibility index (Phi) is 5.63. The molecule has 22 heavy (non-hydrogen) atoms. The molecule has 4 nitrogen and oxygen atoms in total. The summed E-state index contributed by atoms with van der Waals surface area (Å²) >= 11 is 12.2. The lowest BCUT2D eigenvalue weighted by molar-refractivity contribution is -0.116. The van der Waals surface area contributed by atoms with Crippen LogP contribution in [0.3, 0.4) is 0 Å². The van der Waals surface area contributed by atoms with Gasteiger partial charge < -0.3 is 10.6 Å². The minimum atomic E-state index is -0.0216. The zero-order valence-electron chi connectivity index (χ0n) is 12.4. The third kappa shape index (κ3) is 4.61. The number of nitrogens with zero attached hydrogens (tertiary/aromatic N) is 1. The number of para-hydroxylation sites is 1. The van der Waals surface area contributed by atoms with Crippen LogP contribution >= 0.6 is 23.2 Å². The highest BCUT2D eigenvalue weighted by Crippen LogP contribution is 2.32. The number of benzene rings is 1. The van der Waals surface area contributed by atoms with Crippen molar-refractivity contribution in [2.45, 2.75) is 20.3 Å². The summed E-state index contributed by atoms with van der Waals surface area (Å²) in [5, 5.41) is 6.91. The monoisotopic (exact) mass is 337 g/mol. The number of aromatic nitrogens is 1. The fraction of sp³-hybridized carbons (Fsp3) is 0.250. The molecule has 0 radical (unpaired) electrons. The van der Waals surface area contributed by atoms with E-state index in [1.807, 2.05) is 13.8 Å². The van der Waals surface area contributed by atoms with Crippen molar-refractivity contribution in [2.24, 2.45) is 5.92 Å². The van der Waals surface area contributed by atoms with Crippen LogP contribution in [-0.2, 0) is 4.79 Å². The Bertz CT molecular complexity index is 637. The molecular weight excluding hydrogens is 321 g/mol. The van der Waals surface area contributed by atoms with Crippen LogP contribution in [0, 0.1) is 5.92 Å². The van der Waals surface area contributed by atoms with Crippen LogP contribution in [0.4, 0.5) is 17.2 Å². The standard InChI is InChI=1S/C16H17Cl2N3O/c1-10(2)8-15(22)20-11-6-7-14(19-9-11)21-16-12(17)4-3-5-13(16)18/h3-7,9-10H,8H2,1-2H3,(H,19,21)(H,20,22). The number of hydrogen-bond donors (Lipinski definition) is 2. The Morgan fingerprint density at radius 3 is 2.41 bits per heavy atom. The van der Waals surface area contributed by atoms with Gasteiger partial charge in [0.05, 0.1) is 27.6 Å². The van der Waals surface area contributed by atoms with E-state index >= 15 is 0 Å². The third-order valence-corrected chi connectivity index (χ3v) is 3.49. The van der Waals surface area contributed by atoms with E-state index in [0.717, 1.165) is 0 Å². The number of anilines is 3. The summed E-state index contributed by atoms with van der Waals surface area (Å²) in [6.07, 6.45) is 2.07. The van der Waals surface area contributed by atoms with Crippen molar-refractivity contribution in [1.82, 2.24) is 4.98 Å². The lowest BCUT2D eigenvalue weighted by Gasteiger charge is -2.11. The minimum absolute atomic E-state index is 0.0216. The highest BCUT2D eigenvalue weighted by atomic mass is 35.5. The summed E-state index contributed by atoms with van der Waals surface area (Å²) in [7, 11) is 0. The van der Waals surface area contributed by atoms with Crippen LogP contribution < -0.4 is 10.6 Å². The van der Waals surface area contributed by atoms with E-state index in [0.29, 0.717) is 39.6 Å². The Balaban J connectivity index is 2.05. The van der Waals surface area contributed by atoms with Crippen molar-refractivity contribution < 1.29 is 4.79 Å². The van der Waals surface area contributed by atoms with Gasteiger partial charge in [-0.15, -0.1) is 0 Å². The largest absolute Gasteiger partial charge is 0.338 e. The molecule has 0 spiro atoms. The summed E-state index contributed by atoms with van der Waals surface area (Å²) in [5.74, 6) is 0.889. The Hall–Kier alpha value is -1.78. The highest BCUT2D eigenvalue weighted by molar-refractivity contribution is 6.39. The first-order valence-electron chi connectivity index (χ1n) is 6.92. The van der Waals surface area contributed by atoms with E-state index in [4.69, 9.17) is 23.2 Å². The van der Waals surface area contributed by atoms with Gasteiger partial charge in [-0.05, 0) is 30.2 Å². The van der Waals surface area contributed by atoms with Crippen molar-refractivity contribution in [3.63, 3.8) is 0 Å². The van der Waals surface area contributed by atoms with Gasteiger partial charge in [-0.25, -0.2) is 4.98 Å². The molecule has 2 N–H and O–H groups in total. The molecule has 1 heterocycles. The molecular formula is C16H17Cl2N3O. The molecule has 0 saturated heterocycles. The maximum absolute atomic E-state index is 11.7. The molecule has 1 amide bonds. The molecule has 0 bridgehead atoms. The van der Waals surface area contributed by atoms with Crippen LogP contribution in [0.15, 0.2) is 36.5 Å². The first-order chi connectivity index (χ1) is 10.5. The molecule has 2 aromatic rings. The van der Waals surface area contributed by atoms with E-state index in [2.05, 4.69) is 15.6 Å². The van der Waals surface area contributed by atoms with Gasteiger partial charge in [0.15, 0.2) is 0 Å². The Morgan fingerprint density at radius 2 is 1.86 bits per heavy atom. The van der Waals surface area contributed by atoms with Crippen molar-refractivity contribution in [3.8, 4) is 0 Å². The molecule has 6 heteroatoms. The van der Waals surface area contributed by atoms with E-state index in [9.17, 15) is 4.79 Å². The van der Waals surface area contributed by atoms with Gasteiger partial charge >= 0.3 is 0 Å². The first-order valence-corrected chi connectivity index (χ1v) is 7.68. The normalized spacial score (nSPS) is 10.6. The average molecular weight is 338 g/mol. The van der Waals surface area contributed by atoms with Gasteiger partial charge in [0.2, 0.25) is 5.91 Å². The van der Waals surface area contributed by atoms with Gasteiger partial charge in [-0.2, -0.15) is 0 Å². The number of pyridine rings is 1. The summed E-state index contributed by atoms with van der Waals surface area (Å²) in [5.41, 5.74) is 1.26. The molecule has 1 aromatic heterocycles. The van der Waals surface area contributed by atoms with E-state index in [1.54, 1.807) is 36.5 Å². The molecule has 0 aliphatic rings. The Labute approximate surface area is 139 Å². The quantitative estimate of drug-likeness (QED) is 0.796. The molecule has 0 fully saturated rings. The first kappa shape index (κ1) is 16.6. The van der Waals surface area contributed by atoms with Crippen molar-refractivity contribution in [3.05, 3.63) is 46.6 Å². The minimum Gasteiger partial charge on any atom is -0.338 e. The van der Waals surface area contributed by atoms with Crippen molar-refractivity contribution >= 4 is 46.3 Å². The number of carbonyl (C=O) groups is 1. The van der Waals surface area contributed by atoms with Crippen LogP contribution in [-0.4, -0.2) is 10.9 Å². The van der Waals surface area contributed by atoms with Crippen molar-refractivity contribution in [1.29, 1.82) is 0 Å². The van der Waals surface area contributed by atoms with Gasteiger partial charge in [-0.3, -0.25) is 4.79 Å². The molecule has 116 valence electrons. The molecule has 1 aromatic carbocycles. The summed E-state index contributed by atoms with van der Waals surface area (Å²) in [6, 6.07) is 8.80. The molecule has 0 atom stereocenters. The SMILES string of the molecule is CC(C)CC(=O)Nc1ccc(Nc2c(Cl)cccc2Cl)nc1. The summed E-state index contributed by atoms with van der Waals surface area (Å²) in [4.78, 5) is 15.9. The van der Waals surface area contributed by atoms with Crippen molar-refractivity contribution in [2.75, 3.05) is 10.6 Å². The maximum atomic E-state index is 11.7. The van der Waals surface area contributed by atoms with E-state index in [-0.39, 0.29) is 5.91 Å². The second-order valence-corrected chi connectivity index (χ2v) is 6.11. The number of nitrogens with one attached hydrogen (secondary N) is 2. The maximum Gasteiger partial charge on any atom is 0.224 e. The van der Waals surface area contributed by atoms with E-state index in [1.165, 1.54) is 0 Å². The van der Waals surface area contributed by atoms with Crippen LogP contribution in [0.1, 0.15) is 20.3 Å². The second kappa shape index (κ2) is 7.47. The number of rotatable bonds is 5. The fourth-order valence-corrected chi connectivity index (χ4v) is 2.36. The van der Waals surface area contributed by atoms with Gasteiger partial charge in [0, 0.05) is 6.42 Å². The smallest absolute Gasteiger partial charge is 0.224 e. The number of carbonyl (C=O) groups excluding carboxylic acids is 1. The van der Waals surface area contributed by atoms with Crippen LogP contribution in [0.25, 0.3) is 0 Å². The summed E-state index contributed by atoms with van der Waals surface area (Å²) in [6.45, 7) is 4.00. The predicted octanol–water partition coefficient (Wildman–Crippen LogP) is 5.12. The highest BCUT2D eigenvalue weighted by Gasteiger charge is 2.08. The molecule has 0 saturated carbocycles. The lowest BCUT2D eigenvalue weighted by atomic mass is 10.1. The zero-order valence-corrected chi connectivity index (χ0v) is 13.9. The topological polar surface area (TPSA) is 54.0 Å². The molecule has 0 unspecified atom stereocenters. The number of hydrogen-bond acceptors (Lipinski definition) is 3. The van der Waals surface area contributed by atoms with Crippen LogP contribution in [0.5, 0.6) is 0 Å². The molecule has 2 rings (SSSR count). The zero-order chi connectivity index (χ0) is 16.1. The molecule has 0 aliphatic heterocycles. The fourth-order valence-electron chi connectivity index (χ4n) is 1.87. The van der Waals surface area contributed by atoms with Gasteiger partial charge in [-0.1, -0.05) is 43.1 Å². The van der Waals surface area contributed by atoms with E-state index < -0.39 is 0 Å². The van der Waals surface area contributed by atoms with Crippen LogP contribution in [0.2, 0.25) is 10.0 Å². The predicted molar refractivity (Wildman–Crippen MR) is 92.1 cm³/mol. The molecule has 0 aliphatic carbocycles. The van der Waals surface area contributed by atoms with Gasteiger partial charge in [0.1, 0.15) is 5.82 Å².